The molecule has 1 unspecified atom stereocenters. The van der Waals surface area contributed by atoms with Crippen molar-refractivity contribution in [1.82, 2.24) is 10.2 Å². The SMILES string of the molecule is Cl.Cl.O=C(CN1CCOCC1)Nc1ccc(NC(=O)C2CNCCO2)cc1. The molecule has 27 heavy (non-hydrogen) atoms. The zero-order chi connectivity index (χ0) is 17.5. The molecule has 2 heterocycles. The maximum atomic E-state index is 12.1. The Morgan fingerprint density at radius 1 is 1.04 bits per heavy atom. The Kier molecular flexibility index (Phi) is 10.6. The van der Waals surface area contributed by atoms with Crippen LogP contribution in [-0.2, 0) is 19.1 Å². The summed E-state index contributed by atoms with van der Waals surface area (Å²) >= 11 is 0. The standard InChI is InChI=1S/C17H24N4O4.2ClH/c22-16(12-21-6-9-24-10-7-21)19-13-1-3-14(4-2-13)20-17(23)15-11-18-5-8-25-15;;/h1-4,15,18H,5-12H2,(H,19,22)(H,20,23);2*1H. The molecule has 152 valence electrons. The lowest BCUT2D eigenvalue weighted by atomic mass is 10.2. The second-order valence-corrected chi connectivity index (χ2v) is 6.07. The van der Waals surface area contributed by atoms with Crippen LogP contribution in [-0.4, -0.2) is 75.4 Å². The number of carbonyl (C=O) groups is 2. The summed E-state index contributed by atoms with van der Waals surface area (Å²) in [4.78, 5) is 26.2. The molecule has 2 aliphatic heterocycles. The molecule has 8 nitrogen and oxygen atoms in total. The number of nitrogens with zero attached hydrogens (tertiary/aromatic N) is 1. The Morgan fingerprint density at radius 2 is 1.67 bits per heavy atom. The van der Waals surface area contributed by atoms with E-state index in [1.54, 1.807) is 24.3 Å². The van der Waals surface area contributed by atoms with Crippen LogP contribution in [0.3, 0.4) is 0 Å². The molecule has 1 atom stereocenters. The summed E-state index contributed by atoms with van der Waals surface area (Å²) in [6.45, 7) is 5.06. The number of amides is 2. The molecule has 2 saturated heterocycles. The summed E-state index contributed by atoms with van der Waals surface area (Å²) in [6.07, 6.45) is -0.471. The molecule has 1 aromatic rings. The van der Waals surface area contributed by atoms with E-state index in [9.17, 15) is 9.59 Å². The van der Waals surface area contributed by atoms with Crippen molar-refractivity contribution < 1.29 is 19.1 Å². The van der Waals surface area contributed by atoms with Crippen molar-refractivity contribution in [3.05, 3.63) is 24.3 Å². The van der Waals surface area contributed by atoms with Gasteiger partial charge in [0.05, 0.1) is 26.4 Å². The summed E-state index contributed by atoms with van der Waals surface area (Å²) in [5, 5.41) is 8.80. The van der Waals surface area contributed by atoms with Gasteiger partial charge < -0.3 is 25.4 Å². The highest BCUT2D eigenvalue weighted by Gasteiger charge is 2.21. The van der Waals surface area contributed by atoms with E-state index in [1.807, 2.05) is 0 Å². The van der Waals surface area contributed by atoms with Crippen molar-refractivity contribution in [2.75, 3.05) is 63.2 Å². The molecule has 0 bridgehead atoms. The largest absolute Gasteiger partial charge is 0.379 e. The van der Waals surface area contributed by atoms with Gasteiger partial charge in [0.2, 0.25) is 5.91 Å². The maximum Gasteiger partial charge on any atom is 0.254 e. The average Bonchev–Trinajstić information content (AvgIpc) is 2.65. The number of rotatable bonds is 5. The number of nitrogens with one attached hydrogen (secondary N) is 3. The molecular formula is C17H26Cl2N4O4. The Morgan fingerprint density at radius 3 is 2.26 bits per heavy atom. The van der Waals surface area contributed by atoms with Gasteiger partial charge in [-0.1, -0.05) is 0 Å². The van der Waals surface area contributed by atoms with E-state index in [-0.39, 0.29) is 36.6 Å². The fraction of sp³-hybridized carbons (Fsp3) is 0.529. The minimum absolute atomic E-state index is 0. The predicted octanol–water partition coefficient (Wildman–Crippen LogP) is 0.728. The maximum absolute atomic E-state index is 12.1. The summed E-state index contributed by atoms with van der Waals surface area (Å²) < 4.78 is 10.7. The van der Waals surface area contributed by atoms with E-state index in [0.717, 1.165) is 19.6 Å². The van der Waals surface area contributed by atoms with Crippen LogP contribution >= 0.6 is 24.8 Å². The third kappa shape index (κ3) is 7.61. The van der Waals surface area contributed by atoms with Crippen molar-refractivity contribution in [3.8, 4) is 0 Å². The smallest absolute Gasteiger partial charge is 0.254 e. The molecule has 3 N–H and O–H groups in total. The number of hydrogen-bond acceptors (Lipinski definition) is 6. The van der Waals surface area contributed by atoms with Crippen LogP contribution in [0.4, 0.5) is 11.4 Å². The highest BCUT2D eigenvalue weighted by atomic mass is 35.5. The monoisotopic (exact) mass is 420 g/mol. The fourth-order valence-corrected chi connectivity index (χ4v) is 2.76. The van der Waals surface area contributed by atoms with Crippen molar-refractivity contribution in [1.29, 1.82) is 0 Å². The third-order valence-corrected chi connectivity index (χ3v) is 4.13. The number of anilines is 2. The van der Waals surface area contributed by atoms with E-state index in [2.05, 4.69) is 20.9 Å². The Labute approximate surface area is 171 Å². The molecule has 10 heteroatoms. The lowest BCUT2D eigenvalue weighted by molar-refractivity contribution is -0.128. The van der Waals surface area contributed by atoms with Crippen LogP contribution in [0, 0.1) is 0 Å². The molecule has 2 aliphatic rings. The molecule has 2 amide bonds. The zero-order valence-electron chi connectivity index (χ0n) is 14.9. The van der Waals surface area contributed by atoms with Crippen molar-refractivity contribution in [2.24, 2.45) is 0 Å². The first kappa shape index (κ1) is 23.6. The molecule has 0 saturated carbocycles. The van der Waals surface area contributed by atoms with E-state index < -0.39 is 6.10 Å². The average molecular weight is 421 g/mol. The number of hydrogen-bond donors (Lipinski definition) is 3. The van der Waals surface area contributed by atoms with E-state index in [0.29, 0.717) is 44.3 Å². The molecule has 1 aromatic carbocycles. The quantitative estimate of drug-likeness (QED) is 0.650. The minimum atomic E-state index is -0.471. The normalized spacial score (nSPS) is 19.9. The van der Waals surface area contributed by atoms with Gasteiger partial charge in [0.1, 0.15) is 6.10 Å². The van der Waals surface area contributed by atoms with Gasteiger partial charge in [0.15, 0.2) is 0 Å². The summed E-state index contributed by atoms with van der Waals surface area (Å²) in [5.74, 6) is -0.225. The van der Waals surface area contributed by atoms with Crippen LogP contribution < -0.4 is 16.0 Å². The van der Waals surface area contributed by atoms with Gasteiger partial charge in [-0.05, 0) is 24.3 Å². The Bertz CT molecular complexity index is 591. The third-order valence-electron chi connectivity index (χ3n) is 4.13. The number of halogens is 2. The van der Waals surface area contributed by atoms with Crippen LogP contribution in [0.2, 0.25) is 0 Å². The number of benzene rings is 1. The number of ether oxygens (including phenoxy) is 2. The summed E-state index contributed by atoms with van der Waals surface area (Å²) in [6, 6.07) is 7.07. The molecular weight excluding hydrogens is 395 g/mol. The molecule has 0 radical (unpaired) electrons. The van der Waals surface area contributed by atoms with Gasteiger partial charge in [0, 0.05) is 37.6 Å². The predicted molar refractivity (Wildman–Crippen MR) is 108 cm³/mol. The second kappa shape index (κ2) is 12.1. The Balaban J connectivity index is 0.00000182. The number of morpholine rings is 2. The lowest BCUT2D eigenvalue weighted by Gasteiger charge is -2.25. The zero-order valence-corrected chi connectivity index (χ0v) is 16.6. The van der Waals surface area contributed by atoms with Gasteiger partial charge in [-0.3, -0.25) is 14.5 Å². The van der Waals surface area contributed by atoms with Gasteiger partial charge in [-0.15, -0.1) is 24.8 Å². The van der Waals surface area contributed by atoms with Crippen molar-refractivity contribution in [3.63, 3.8) is 0 Å². The number of carbonyl (C=O) groups excluding carboxylic acids is 2. The van der Waals surface area contributed by atoms with Crippen LogP contribution in [0.15, 0.2) is 24.3 Å². The van der Waals surface area contributed by atoms with E-state index in [4.69, 9.17) is 9.47 Å². The topological polar surface area (TPSA) is 91.9 Å². The highest BCUT2D eigenvalue weighted by molar-refractivity contribution is 5.95. The Hall–Kier alpha value is -1.42. The first-order chi connectivity index (χ1) is 12.2. The highest BCUT2D eigenvalue weighted by Crippen LogP contribution is 2.14. The van der Waals surface area contributed by atoms with Gasteiger partial charge >= 0.3 is 0 Å². The van der Waals surface area contributed by atoms with Gasteiger partial charge in [0.25, 0.3) is 5.91 Å². The molecule has 0 aliphatic carbocycles. The van der Waals surface area contributed by atoms with Crippen molar-refractivity contribution >= 4 is 48.0 Å². The van der Waals surface area contributed by atoms with Crippen LogP contribution in [0.5, 0.6) is 0 Å². The lowest BCUT2D eigenvalue weighted by Crippen LogP contribution is -2.45. The molecule has 2 fully saturated rings. The first-order valence-electron chi connectivity index (χ1n) is 8.54. The summed E-state index contributed by atoms with van der Waals surface area (Å²) in [7, 11) is 0. The molecule has 0 aromatic heterocycles. The summed E-state index contributed by atoms with van der Waals surface area (Å²) in [5.41, 5.74) is 1.37. The van der Waals surface area contributed by atoms with Gasteiger partial charge in [-0.25, -0.2) is 0 Å². The van der Waals surface area contributed by atoms with Gasteiger partial charge in [-0.2, -0.15) is 0 Å². The minimum Gasteiger partial charge on any atom is -0.379 e. The fourth-order valence-electron chi connectivity index (χ4n) is 2.76. The molecule has 3 rings (SSSR count). The van der Waals surface area contributed by atoms with Crippen molar-refractivity contribution in [2.45, 2.75) is 6.10 Å². The van der Waals surface area contributed by atoms with Crippen LogP contribution in [0.25, 0.3) is 0 Å². The molecule has 0 spiro atoms. The second-order valence-electron chi connectivity index (χ2n) is 6.07. The van der Waals surface area contributed by atoms with E-state index in [1.165, 1.54) is 0 Å². The van der Waals surface area contributed by atoms with Crippen LogP contribution in [0.1, 0.15) is 0 Å². The van der Waals surface area contributed by atoms with E-state index >= 15 is 0 Å². The first-order valence-corrected chi connectivity index (χ1v) is 8.54.